The minimum atomic E-state index is -0.846. The second kappa shape index (κ2) is 7.02. The number of hydrogen-bond acceptors (Lipinski definition) is 6. The first-order chi connectivity index (χ1) is 12.0. The number of benzene rings is 1. The summed E-state index contributed by atoms with van der Waals surface area (Å²) in [5, 5.41) is 4.28. The number of hydrogen-bond donors (Lipinski definition) is 1. The molecule has 9 heteroatoms. The number of nitrogens with zero attached hydrogens (tertiary/aromatic N) is 4. The first-order valence-corrected chi connectivity index (χ1v) is 7.95. The van der Waals surface area contributed by atoms with E-state index in [1.165, 1.54) is 22.8 Å². The van der Waals surface area contributed by atoms with Gasteiger partial charge in [0.2, 0.25) is 5.95 Å². The van der Waals surface area contributed by atoms with Gasteiger partial charge in [0.15, 0.2) is 0 Å². The second-order valence-electron chi connectivity index (χ2n) is 5.26. The lowest BCUT2D eigenvalue weighted by molar-refractivity contribution is -0.145. The van der Waals surface area contributed by atoms with Crippen LogP contribution < -0.4 is 5.73 Å². The number of nitrogens with two attached hydrogens (primary N) is 1. The van der Waals surface area contributed by atoms with E-state index in [0.29, 0.717) is 5.69 Å². The molecule has 2 aromatic heterocycles. The summed E-state index contributed by atoms with van der Waals surface area (Å²) in [6.45, 7) is 1.88. The van der Waals surface area contributed by atoms with Crippen molar-refractivity contribution in [1.29, 1.82) is 0 Å². The number of esters is 1. The summed E-state index contributed by atoms with van der Waals surface area (Å²) < 4.78 is 20.7. The SMILES string of the molecule is CCOC(=O)[C@@H](Cc1c(F)cccc1Cl)c1ccnc2nc(N)nn12. The Morgan fingerprint density at radius 2 is 2.24 bits per heavy atom. The Hall–Kier alpha value is -2.74. The Balaban J connectivity index is 2.10. The zero-order valence-corrected chi connectivity index (χ0v) is 14.1. The van der Waals surface area contributed by atoms with E-state index in [0.717, 1.165) is 0 Å². The molecule has 2 heterocycles. The van der Waals surface area contributed by atoms with Gasteiger partial charge in [0, 0.05) is 16.8 Å². The third kappa shape index (κ3) is 3.39. The molecule has 1 atom stereocenters. The summed E-state index contributed by atoms with van der Waals surface area (Å²) >= 11 is 6.11. The highest BCUT2D eigenvalue weighted by molar-refractivity contribution is 6.31. The molecule has 0 saturated carbocycles. The van der Waals surface area contributed by atoms with Crippen molar-refractivity contribution >= 4 is 29.3 Å². The number of carbonyl (C=O) groups is 1. The molecule has 3 rings (SSSR count). The van der Waals surface area contributed by atoms with Crippen molar-refractivity contribution < 1.29 is 13.9 Å². The van der Waals surface area contributed by atoms with E-state index in [-0.39, 0.29) is 35.3 Å². The van der Waals surface area contributed by atoms with E-state index >= 15 is 0 Å². The standard InChI is InChI=1S/C16H15ClFN5O2/c1-2-25-14(24)10(8-9-11(17)4-3-5-12(9)18)13-6-7-20-16-21-15(19)22-23(13)16/h3-7,10H,2,8H2,1H3,(H2,19,22)/t10-/m0/s1. The van der Waals surface area contributed by atoms with Crippen molar-refractivity contribution in [2.45, 2.75) is 19.3 Å². The van der Waals surface area contributed by atoms with E-state index in [9.17, 15) is 9.18 Å². The molecule has 0 saturated heterocycles. The van der Waals surface area contributed by atoms with E-state index < -0.39 is 17.7 Å². The van der Waals surface area contributed by atoms with Gasteiger partial charge in [-0.1, -0.05) is 17.7 Å². The van der Waals surface area contributed by atoms with Crippen LogP contribution in [0, 0.1) is 5.82 Å². The summed E-state index contributed by atoms with van der Waals surface area (Å²) in [6.07, 6.45) is 1.48. The minimum absolute atomic E-state index is 0.00319. The molecule has 25 heavy (non-hydrogen) atoms. The number of anilines is 1. The molecule has 0 bridgehead atoms. The van der Waals surface area contributed by atoms with Crippen LogP contribution in [0.1, 0.15) is 24.1 Å². The van der Waals surface area contributed by atoms with Crippen LogP contribution in [0.25, 0.3) is 5.78 Å². The van der Waals surface area contributed by atoms with Gasteiger partial charge in [-0.05, 0) is 31.5 Å². The molecule has 0 fully saturated rings. The number of ether oxygens (including phenoxy) is 1. The highest BCUT2D eigenvalue weighted by Crippen LogP contribution is 2.28. The fourth-order valence-corrected chi connectivity index (χ4v) is 2.81. The normalized spacial score (nSPS) is 12.3. The second-order valence-corrected chi connectivity index (χ2v) is 5.67. The van der Waals surface area contributed by atoms with E-state index in [1.54, 1.807) is 19.1 Å². The third-order valence-corrected chi connectivity index (χ3v) is 4.04. The van der Waals surface area contributed by atoms with Crippen molar-refractivity contribution in [3.63, 3.8) is 0 Å². The van der Waals surface area contributed by atoms with Gasteiger partial charge in [-0.3, -0.25) is 4.79 Å². The Kier molecular flexibility index (Phi) is 4.80. The molecule has 3 aromatic rings. The quantitative estimate of drug-likeness (QED) is 0.699. The smallest absolute Gasteiger partial charge is 0.315 e. The summed E-state index contributed by atoms with van der Waals surface area (Å²) in [5.41, 5.74) is 6.27. The molecular weight excluding hydrogens is 349 g/mol. The van der Waals surface area contributed by atoms with E-state index in [4.69, 9.17) is 22.1 Å². The zero-order valence-electron chi connectivity index (χ0n) is 13.3. The van der Waals surface area contributed by atoms with Crippen LogP contribution in [-0.4, -0.2) is 32.2 Å². The van der Waals surface area contributed by atoms with Crippen LogP contribution >= 0.6 is 11.6 Å². The average molecular weight is 364 g/mol. The van der Waals surface area contributed by atoms with Crippen molar-refractivity contribution in [2.24, 2.45) is 0 Å². The third-order valence-electron chi connectivity index (χ3n) is 3.68. The van der Waals surface area contributed by atoms with Crippen molar-refractivity contribution in [2.75, 3.05) is 12.3 Å². The van der Waals surface area contributed by atoms with Gasteiger partial charge in [0.05, 0.1) is 12.3 Å². The average Bonchev–Trinajstić information content (AvgIpc) is 2.95. The first kappa shape index (κ1) is 17.1. The number of fused-ring (bicyclic) bond motifs is 1. The van der Waals surface area contributed by atoms with Gasteiger partial charge < -0.3 is 10.5 Å². The molecule has 0 aliphatic carbocycles. The molecule has 0 radical (unpaired) electrons. The van der Waals surface area contributed by atoms with Gasteiger partial charge in [-0.2, -0.15) is 9.50 Å². The minimum Gasteiger partial charge on any atom is -0.465 e. The lowest BCUT2D eigenvalue weighted by Crippen LogP contribution is -2.22. The van der Waals surface area contributed by atoms with Crippen LogP contribution in [0.15, 0.2) is 30.5 Å². The van der Waals surface area contributed by atoms with Crippen LogP contribution in [0.4, 0.5) is 10.3 Å². The predicted molar refractivity (Wildman–Crippen MR) is 89.7 cm³/mol. The molecule has 2 N–H and O–H groups in total. The van der Waals surface area contributed by atoms with Crippen LogP contribution in [0.3, 0.4) is 0 Å². The Bertz CT molecular complexity index is 910. The van der Waals surface area contributed by atoms with E-state index in [2.05, 4.69) is 15.1 Å². The summed E-state index contributed by atoms with van der Waals surface area (Å²) in [6, 6.07) is 5.96. The number of nitrogen functional groups attached to an aromatic ring is 1. The number of halogens is 2. The molecule has 7 nitrogen and oxygen atoms in total. The number of rotatable bonds is 5. The van der Waals surface area contributed by atoms with Gasteiger partial charge in [-0.25, -0.2) is 9.37 Å². The van der Waals surface area contributed by atoms with Crippen LogP contribution in [0.5, 0.6) is 0 Å². The maximum Gasteiger partial charge on any atom is 0.315 e. The Morgan fingerprint density at radius 3 is 2.96 bits per heavy atom. The summed E-state index contributed by atoms with van der Waals surface area (Å²) in [4.78, 5) is 20.5. The Morgan fingerprint density at radius 1 is 1.44 bits per heavy atom. The first-order valence-electron chi connectivity index (χ1n) is 7.58. The molecule has 130 valence electrons. The maximum absolute atomic E-state index is 14.2. The molecule has 0 aliphatic heterocycles. The zero-order chi connectivity index (χ0) is 18.0. The lowest BCUT2D eigenvalue weighted by atomic mass is 9.95. The number of aromatic nitrogens is 4. The fraction of sp³-hybridized carbons (Fsp3) is 0.250. The molecule has 1 aromatic carbocycles. The monoisotopic (exact) mass is 363 g/mol. The van der Waals surface area contributed by atoms with Crippen molar-refractivity contribution in [1.82, 2.24) is 19.6 Å². The highest BCUT2D eigenvalue weighted by atomic mass is 35.5. The fourth-order valence-electron chi connectivity index (χ4n) is 2.57. The molecule has 0 aliphatic rings. The van der Waals surface area contributed by atoms with Gasteiger partial charge in [0.1, 0.15) is 11.7 Å². The van der Waals surface area contributed by atoms with Crippen LogP contribution in [-0.2, 0) is 16.0 Å². The van der Waals surface area contributed by atoms with Gasteiger partial charge in [0.25, 0.3) is 5.78 Å². The largest absolute Gasteiger partial charge is 0.465 e. The summed E-state index contributed by atoms with van der Waals surface area (Å²) in [7, 11) is 0. The Labute approximate surface area is 147 Å². The number of carbonyl (C=O) groups excluding carboxylic acids is 1. The summed E-state index contributed by atoms with van der Waals surface area (Å²) in [5.74, 6) is -1.61. The molecule has 0 amide bonds. The van der Waals surface area contributed by atoms with Crippen LogP contribution in [0.2, 0.25) is 5.02 Å². The van der Waals surface area contributed by atoms with E-state index in [1.807, 2.05) is 0 Å². The maximum atomic E-state index is 14.2. The predicted octanol–water partition coefficient (Wildman–Crippen LogP) is 2.39. The lowest BCUT2D eigenvalue weighted by Gasteiger charge is -2.17. The van der Waals surface area contributed by atoms with Gasteiger partial charge >= 0.3 is 5.97 Å². The molecular formula is C16H15ClFN5O2. The van der Waals surface area contributed by atoms with Crippen molar-refractivity contribution in [3.8, 4) is 0 Å². The molecule has 0 unspecified atom stereocenters. The highest BCUT2D eigenvalue weighted by Gasteiger charge is 2.28. The topological polar surface area (TPSA) is 95.4 Å². The molecule has 0 spiro atoms. The van der Waals surface area contributed by atoms with Gasteiger partial charge in [-0.15, -0.1) is 5.10 Å². The van der Waals surface area contributed by atoms with Crippen molar-refractivity contribution in [3.05, 3.63) is 52.6 Å².